The highest BCUT2D eigenvalue weighted by Crippen LogP contribution is 2.33. The molecule has 0 aromatic carbocycles. The summed E-state index contributed by atoms with van der Waals surface area (Å²) in [4.78, 5) is 22.7. The van der Waals surface area contributed by atoms with Crippen molar-refractivity contribution in [2.24, 2.45) is 11.8 Å². The predicted octanol–water partition coefficient (Wildman–Crippen LogP) is 1.41. The molecule has 23 heavy (non-hydrogen) atoms. The van der Waals surface area contributed by atoms with Gasteiger partial charge in [0.2, 0.25) is 5.91 Å². The maximum atomic E-state index is 12.4. The zero-order chi connectivity index (χ0) is 16.4. The lowest BCUT2D eigenvalue weighted by Crippen LogP contribution is -2.35. The first-order valence-electron chi connectivity index (χ1n) is 8.22. The number of nitrogens with two attached hydrogens (primary N) is 1. The van der Waals surface area contributed by atoms with Crippen molar-refractivity contribution in [3.8, 4) is 6.01 Å². The Morgan fingerprint density at radius 2 is 2.09 bits per heavy atom. The number of amides is 1. The zero-order valence-electron chi connectivity index (χ0n) is 13.7. The van der Waals surface area contributed by atoms with Crippen LogP contribution in [0.3, 0.4) is 0 Å². The molecule has 7 nitrogen and oxygen atoms in total. The molecule has 2 N–H and O–H groups in total. The molecule has 1 saturated heterocycles. The quantitative estimate of drug-likeness (QED) is 0.882. The van der Waals surface area contributed by atoms with E-state index in [1.165, 1.54) is 0 Å². The molecule has 3 heterocycles. The SMILES string of the molecule is CC(C)COc1nc(N)c2c(n1)N(CC1CCOCC1)C(=O)C2. The molecule has 0 bridgehead atoms. The second-order valence-corrected chi connectivity index (χ2v) is 6.64. The van der Waals surface area contributed by atoms with E-state index in [1.54, 1.807) is 4.90 Å². The van der Waals surface area contributed by atoms with E-state index in [1.807, 2.05) is 0 Å². The van der Waals surface area contributed by atoms with Crippen molar-refractivity contribution in [2.75, 3.05) is 37.0 Å². The second kappa shape index (κ2) is 6.70. The maximum Gasteiger partial charge on any atom is 0.320 e. The molecule has 1 aromatic rings. The van der Waals surface area contributed by atoms with Gasteiger partial charge in [0, 0.05) is 25.3 Å². The van der Waals surface area contributed by atoms with Crippen molar-refractivity contribution in [3.05, 3.63) is 5.56 Å². The molecule has 0 saturated carbocycles. The van der Waals surface area contributed by atoms with Crippen LogP contribution in [0.25, 0.3) is 0 Å². The van der Waals surface area contributed by atoms with Crippen molar-refractivity contribution in [1.82, 2.24) is 9.97 Å². The van der Waals surface area contributed by atoms with E-state index in [-0.39, 0.29) is 18.3 Å². The Bertz CT molecular complexity index is 585. The summed E-state index contributed by atoms with van der Waals surface area (Å²) in [5, 5.41) is 0. The lowest BCUT2D eigenvalue weighted by molar-refractivity contribution is -0.117. The molecular weight excluding hydrogens is 296 g/mol. The molecule has 2 aliphatic rings. The normalized spacial score (nSPS) is 18.6. The van der Waals surface area contributed by atoms with E-state index in [4.69, 9.17) is 15.2 Å². The minimum atomic E-state index is 0.0356. The van der Waals surface area contributed by atoms with E-state index in [2.05, 4.69) is 23.8 Å². The van der Waals surface area contributed by atoms with Crippen LogP contribution in [0, 0.1) is 11.8 Å². The van der Waals surface area contributed by atoms with Crippen molar-refractivity contribution in [1.29, 1.82) is 0 Å². The number of hydrogen-bond acceptors (Lipinski definition) is 6. The minimum Gasteiger partial charge on any atom is -0.463 e. The molecule has 0 spiro atoms. The maximum absolute atomic E-state index is 12.4. The van der Waals surface area contributed by atoms with Crippen LogP contribution in [0.4, 0.5) is 11.6 Å². The van der Waals surface area contributed by atoms with Crippen LogP contribution in [0.1, 0.15) is 32.3 Å². The fraction of sp³-hybridized carbons (Fsp3) is 0.688. The van der Waals surface area contributed by atoms with Crippen LogP contribution in [-0.2, 0) is 16.0 Å². The van der Waals surface area contributed by atoms with Crippen LogP contribution < -0.4 is 15.4 Å². The van der Waals surface area contributed by atoms with Crippen molar-refractivity contribution >= 4 is 17.5 Å². The zero-order valence-corrected chi connectivity index (χ0v) is 13.7. The number of hydrogen-bond donors (Lipinski definition) is 1. The van der Waals surface area contributed by atoms with Gasteiger partial charge >= 0.3 is 6.01 Å². The molecule has 126 valence electrons. The van der Waals surface area contributed by atoms with Crippen LogP contribution in [0.5, 0.6) is 6.01 Å². The summed E-state index contributed by atoms with van der Waals surface area (Å²) in [6, 6.07) is 0.252. The monoisotopic (exact) mass is 320 g/mol. The number of nitrogens with zero attached hydrogens (tertiary/aromatic N) is 3. The van der Waals surface area contributed by atoms with Gasteiger partial charge in [-0.25, -0.2) is 0 Å². The van der Waals surface area contributed by atoms with Gasteiger partial charge in [0.15, 0.2) is 0 Å². The number of carbonyl (C=O) groups is 1. The summed E-state index contributed by atoms with van der Waals surface area (Å²) >= 11 is 0. The Labute approximate surface area is 136 Å². The third kappa shape index (κ3) is 3.55. The number of fused-ring (bicyclic) bond motifs is 1. The number of aromatic nitrogens is 2. The molecule has 3 rings (SSSR count). The Kier molecular flexibility index (Phi) is 4.66. The fourth-order valence-electron chi connectivity index (χ4n) is 2.91. The number of rotatable bonds is 5. The number of ether oxygens (including phenoxy) is 2. The molecule has 0 aliphatic carbocycles. The number of carbonyl (C=O) groups excluding carboxylic acids is 1. The Balaban J connectivity index is 1.80. The summed E-state index contributed by atoms with van der Waals surface area (Å²) in [5.41, 5.74) is 6.73. The highest BCUT2D eigenvalue weighted by molar-refractivity contribution is 6.01. The molecule has 0 atom stereocenters. The summed E-state index contributed by atoms with van der Waals surface area (Å²) < 4.78 is 11.0. The number of anilines is 2. The van der Waals surface area contributed by atoms with Gasteiger partial charge in [-0.05, 0) is 24.7 Å². The Morgan fingerprint density at radius 3 is 2.78 bits per heavy atom. The van der Waals surface area contributed by atoms with Gasteiger partial charge in [-0.1, -0.05) is 13.8 Å². The van der Waals surface area contributed by atoms with E-state index in [9.17, 15) is 4.79 Å². The van der Waals surface area contributed by atoms with Crippen molar-refractivity contribution in [2.45, 2.75) is 33.1 Å². The molecule has 1 fully saturated rings. The van der Waals surface area contributed by atoms with Gasteiger partial charge in [0.05, 0.1) is 13.0 Å². The molecular formula is C16H24N4O3. The van der Waals surface area contributed by atoms with E-state index in [0.717, 1.165) is 31.6 Å². The molecule has 1 aromatic heterocycles. The van der Waals surface area contributed by atoms with Crippen LogP contribution in [0.2, 0.25) is 0 Å². The second-order valence-electron chi connectivity index (χ2n) is 6.64. The smallest absolute Gasteiger partial charge is 0.320 e. The molecule has 0 unspecified atom stereocenters. The molecule has 7 heteroatoms. The third-order valence-electron chi connectivity index (χ3n) is 4.21. The van der Waals surface area contributed by atoms with Gasteiger partial charge in [-0.3, -0.25) is 9.69 Å². The standard InChI is InChI=1S/C16H24N4O3/c1-10(2)9-23-16-18-14(17)12-7-13(21)20(15(12)19-16)8-11-3-5-22-6-4-11/h10-11H,3-9H2,1-2H3,(H2,17,18,19). The van der Waals surface area contributed by atoms with Gasteiger partial charge in [-0.15, -0.1) is 0 Å². The molecule has 2 aliphatic heterocycles. The van der Waals surface area contributed by atoms with Crippen LogP contribution in [-0.4, -0.2) is 42.2 Å². The van der Waals surface area contributed by atoms with Gasteiger partial charge in [-0.2, -0.15) is 9.97 Å². The predicted molar refractivity (Wildman–Crippen MR) is 86.4 cm³/mol. The minimum absolute atomic E-state index is 0.0356. The fourth-order valence-corrected chi connectivity index (χ4v) is 2.91. The summed E-state index contributed by atoms with van der Waals surface area (Å²) in [7, 11) is 0. The first-order valence-corrected chi connectivity index (χ1v) is 8.22. The average Bonchev–Trinajstić information content (AvgIpc) is 2.83. The highest BCUT2D eigenvalue weighted by Gasteiger charge is 2.34. The average molecular weight is 320 g/mol. The van der Waals surface area contributed by atoms with E-state index in [0.29, 0.717) is 36.6 Å². The van der Waals surface area contributed by atoms with Gasteiger partial charge in [0.25, 0.3) is 0 Å². The summed E-state index contributed by atoms with van der Waals surface area (Å²) in [5.74, 6) is 1.81. The van der Waals surface area contributed by atoms with Crippen LogP contribution in [0.15, 0.2) is 0 Å². The van der Waals surface area contributed by atoms with E-state index < -0.39 is 0 Å². The third-order valence-corrected chi connectivity index (χ3v) is 4.21. The molecule has 0 radical (unpaired) electrons. The van der Waals surface area contributed by atoms with Crippen molar-refractivity contribution < 1.29 is 14.3 Å². The highest BCUT2D eigenvalue weighted by atomic mass is 16.5. The lowest BCUT2D eigenvalue weighted by atomic mass is 10.00. The van der Waals surface area contributed by atoms with Gasteiger partial charge in [0.1, 0.15) is 11.6 Å². The number of nitrogen functional groups attached to an aromatic ring is 1. The van der Waals surface area contributed by atoms with Crippen molar-refractivity contribution in [3.63, 3.8) is 0 Å². The summed E-state index contributed by atoms with van der Waals surface area (Å²) in [6.07, 6.45) is 2.21. The van der Waals surface area contributed by atoms with Crippen LogP contribution >= 0.6 is 0 Å². The largest absolute Gasteiger partial charge is 0.463 e. The molecule has 1 amide bonds. The first kappa shape index (κ1) is 16.0. The first-order chi connectivity index (χ1) is 11.0. The Morgan fingerprint density at radius 1 is 1.35 bits per heavy atom. The van der Waals surface area contributed by atoms with Gasteiger partial charge < -0.3 is 15.2 Å². The van der Waals surface area contributed by atoms with E-state index >= 15 is 0 Å². The lowest BCUT2D eigenvalue weighted by Gasteiger charge is -2.27. The Hall–Kier alpha value is -1.89. The summed E-state index contributed by atoms with van der Waals surface area (Å²) in [6.45, 7) is 6.80. The topological polar surface area (TPSA) is 90.6 Å².